The largest absolute Gasteiger partial charge is 0.478 e. The van der Waals surface area contributed by atoms with E-state index in [0.717, 1.165) is 12.2 Å². The SMILES string of the molecule is O=C(O)/C=C/c1ccc(Cl)c([N+](=O)[O-])c1Cl. The molecule has 5 nitrogen and oxygen atoms in total. The first-order valence-corrected chi connectivity index (χ1v) is 4.72. The van der Waals surface area contributed by atoms with E-state index in [-0.39, 0.29) is 15.6 Å². The molecule has 0 aromatic heterocycles. The monoisotopic (exact) mass is 261 g/mol. The molecule has 1 aromatic carbocycles. The van der Waals surface area contributed by atoms with Gasteiger partial charge in [-0.1, -0.05) is 29.3 Å². The average molecular weight is 262 g/mol. The zero-order chi connectivity index (χ0) is 12.3. The van der Waals surface area contributed by atoms with Crippen molar-refractivity contribution in [2.45, 2.75) is 0 Å². The summed E-state index contributed by atoms with van der Waals surface area (Å²) in [5, 5.41) is 18.8. The molecule has 7 heteroatoms. The minimum absolute atomic E-state index is 0.0949. The predicted molar refractivity (Wildman–Crippen MR) is 59.8 cm³/mol. The van der Waals surface area contributed by atoms with Crippen molar-refractivity contribution >= 4 is 40.9 Å². The molecule has 0 radical (unpaired) electrons. The van der Waals surface area contributed by atoms with Crippen molar-refractivity contribution in [3.8, 4) is 0 Å². The van der Waals surface area contributed by atoms with E-state index in [0.29, 0.717) is 0 Å². The Morgan fingerprint density at radius 1 is 1.44 bits per heavy atom. The number of carboxylic acids is 1. The second kappa shape index (κ2) is 4.96. The molecule has 0 bridgehead atoms. The Kier molecular flexibility index (Phi) is 3.87. The van der Waals surface area contributed by atoms with E-state index in [1.165, 1.54) is 12.1 Å². The molecule has 0 saturated heterocycles. The predicted octanol–water partition coefficient (Wildman–Crippen LogP) is 3.00. The molecular weight excluding hydrogens is 257 g/mol. The van der Waals surface area contributed by atoms with Crippen molar-refractivity contribution in [3.63, 3.8) is 0 Å². The van der Waals surface area contributed by atoms with Gasteiger partial charge in [-0.15, -0.1) is 0 Å². The van der Waals surface area contributed by atoms with Gasteiger partial charge in [0.05, 0.1) is 4.92 Å². The maximum Gasteiger partial charge on any atom is 0.328 e. The van der Waals surface area contributed by atoms with E-state index in [4.69, 9.17) is 28.3 Å². The van der Waals surface area contributed by atoms with E-state index >= 15 is 0 Å². The molecule has 84 valence electrons. The highest BCUT2D eigenvalue weighted by Crippen LogP contribution is 2.35. The Balaban J connectivity index is 3.29. The number of carbonyl (C=O) groups is 1. The van der Waals surface area contributed by atoms with Crippen LogP contribution in [0.5, 0.6) is 0 Å². The first-order chi connectivity index (χ1) is 7.43. The van der Waals surface area contributed by atoms with Gasteiger partial charge >= 0.3 is 11.7 Å². The van der Waals surface area contributed by atoms with Gasteiger partial charge in [0.15, 0.2) is 0 Å². The number of benzene rings is 1. The number of rotatable bonds is 3. The Morgan fingerprint density at radius 2 is 2.06 bits per heavy atom. The van der Waals surface area contributed by atoms with E-state index < -0.39 is 16.6 Å². The molecule has 0 fully saturated rings. The van der Waals surface area contributed by atoms with Crippen molar-refractivity contribution in [1.82, 2.24) is 0 Å². The summed E-state index contributed by atoms with van der Waals surface area (Å²) in [6.45, 7) is 0. The van der Waals surface area contributed by atoms with Crippen LogP contribution in [0.3, 0.4) is 0 Å². The van der Waals surface area contributed by atoms with Crippen LogP contribution in [0.1, 0.15) is 5.56 Å². The molecule has 0 saturated carbocycles. The van der Waals surface area contributed by atoms with Gasteiger partial charge in [0.2, 0.25) is 0 Å². The summed E-state index contributed by atoms with van der Waals surface area (Å²) in [6.07, 6.45) is 1.99. The van der Waals surface area contributed by atoms with Gasteiger partial charge in [-0.25, -0.2) is 4.79 Å². The van der Waals surface area contributed by atoms with Crippen molar-refractivity contribution < 1.29 is 14.8 Å². The Labute approximate surface area is 100 Å². The highest BCUT2D eigenvalue weighted by molar-refractivity contribution is 6.39. The standard InChI is InChI=1S/C9H5Cl2NO4/c10-6-3-1-5(2-4-7(13)14)8(11)9(6)12(15)16/h1-4H,(H,13,14)/b4-2+. The zero-order valence-corrected chi connectivity index (χ0v) is 9.20. The van der Waals surface area contributed by atoms with Crippen LogP contribution in [0.4, 0.5) is 5.69 Å². The fourth-order valence-corrected chi connectivity index (χ4v) is 1.59. The average Bonchev–Trinajstić information content (AvgIpc) is 2.15. The number of nitro benzene ring substituents is 1. The second-order valence-electron chi connectivity index (χ2n) is 2.73. The van der Waals surface area contributed by atoms with Crippen molar-refractivity contribution in [2.75, 3.05) is 0 Å². The molecule has 0 aliphatic heterocycles. The normalized spacial score (nSPS) is 10.6. The fourth-order valence-electron chi connectivity index (χ4n) is 1.01. The van der Waals surface area contributed by atoms with Crippen LogP contribution < -0.4 is 0 Å². The number of nitrogens with zero attached hydrogens (tertiary/aromatic N) is 1. The van der Waals surface area contributed by atoms with Crippen LogP contribution in [-0.4, -0.2) is 16.0 Å². The summed E-state index contributed by atoms with van der Waals surface area (Å²) in [5.74, 6) is -1.17. The van der Waals surface area contributed by atoms with Gasteiger partial charge in [-0.05, 0) is 12.1 Å². The molecule has 1 rings (SSSR count). The van der Waals surface area contributed by atoms with Crippen LogP contribution in [0.25, 0.3) is 6.08 Å². The lowest BCUT2D eigenvalue weighted by molar-refractivity contribution is -0.384. The summed E-state index contributed by atoms with van der Waals surface area (Å²) in [4.78, 5) is 20.2. The molecule has 0 amide bonds. The summed E-state index contributed by atoms with van der Waals surface area (Å²) in [6, 6.07) is 2.68. The van der Waals surface area contributed by atoms with Crippen molar-refractivity contribution in [3.05, 3.63) is 43.9 Å². The molecule has 0 spiro atoms. The topological polar surface area (TPSA) is 80.4 Å². The summed E-state index contributed by atoms with van der Waals surface area (Å²) >= 11 is 11.3. The summed E-state index contributed by atoms with van der Waals surface area (Å²) in [7, 11) is 0. The molecule has 16 heavy (non-hydrogen) atoms. The van der Waals surface area contributed by atoms with E-state index in [2.05, 4.69) is 0 Å². The summed E-state index contributed by atoms with van der Waals surface area (Å²) < 4.78 is 0. The smallest absolute Gasteiger partial charge is 0.328 e. The summed E-state index contributed by atoms with van der Waals surface area (Å²) in [5.41, 5.74) is -0.212. The highest BCUT2D eigenvalue weighted by Gasteiger charge is 2.19. The van der Waals surface area contributed by atoms with Gasteiger partial charge in [0, 0.05) is 11.6 Å². The Bertz CT molecular complexity index is 485. The number of aliphatic carboxylic acids is 1. The fraction of sp³-hybridized carbons (Fsp3) is 0. The molecule has 1 N–H and O–H groups in total. The van der Waals surface area contributed by atoms with Gasteiger partial charge in [0.25, 0.3) is 0 Å². The molecule has 0 heterocycles. The maximum absolute atomic E-state index is 10.6. The first kappa shape index (κ1) is 12.5. The van der Waals surface area contributed by atoms with Crippen LogP contribution in [0.2, 0.25) is 10.0 Å². The van der Waals surface area contributed by atoms with Crippen molar-refractivity contribution in [1.29, 1.82) is 0 Å². The quantitative estimate of drug-likeness (QED) is 0.515. The first-order valence-electron chi connectivity index (χ1n) is 3.97. The minimum Gasteiger partial charge on any atom is -0.478 e. The highest BCUT2D eigenvalue weighted by atomic mass is 35.5. The second-order valence-corrected chi connectivity index (χ2v) is 3.51. The molecule has 0 unspecified atom stereocenters. The number of hydrogen-bond donors (Lipinski definition) is 1. The third kappa shape index (κ3) is 2.71. The van der Waals surface area contributed by atoms with Crippen molar-refractivity contribution in [2.24, 2.45) is 0 Å². The van der Waals surface area contributed by atoms with Gasteiger partial charge in [-0.3, -0.25) is 10.1 Å². The lowest BCUT2D eigenvalue weighted by atomic mass is 10.2. The van der Waals surface area contributed by atoms with Crippen LogP contribution in [-0.2, 0) is 4.79 Å². The van der Waals surface area contributed by atoms with Gasteiger partial charge in [-0.2, -0.15) is 0 Å². The Morgan fingerprint density at radius 3 is 2.56 bits per heavy atom. The molecule has 1 aromatic rings. The number of nitro groups is 1. The van der Waals surface area contributed by atoms with E-state index in [9.17, 15) is 14.9 Å². The van der Waals surface area contributed by atoms with Gasteiger partial charge < -0.3 is 5.11 Å². The van der Waals surface area contributed by atoms with Crippen LogP contribution in [0.15, 0.2) is 18.2 Å². The number of halogens is 2. The van der Waals surface area contributed by atoms with Gasteiger partial charge in [0.1, 0.15) is 10.0 Å². The third-order valence-corrected chi connectivity index (χ3v) is 2.39. The molecule has 0 atom stereocenters. The van der Waals surface area contributed by atoms with E-state index in [1.54, 1.807) is 0 Å². The molecule has 0 aliphatic rings. The number of carboxylic acid groups (broad SMARTS) is 1. The van der Waals surface area contributed by atoms with E-state index in [1.807, 2.05) is 0 Å². The molecule has 0 aliphatic carbocycles. The number of hydrogen-bond acceptors (Lipinski definition) is 3. The lowest BCUT2D eigenvalue weighted by Crippen LogP contribution is -1.93. The molecular formula is C9H5Cl2NO4. The minimum atomic E-state index is -1.17. The Hall–Kier alpha value is -1.59. The lowest BCUT2D eigenvalue weighted by Gasteiger charge is -2.01. The van der Waals surface area contributed by atoms with Crippen LogP contribution >= 0.6 is 23.2 Å². The van der Waals surface area contributed by atoms with Crippen LogP contribution in [0, 0.1) is 10.1 Å². The zero-order valence-electron chi connectivity index (χ0n) is 7.68. The maximum atomic E-state index is 10.6. The third-order valence-electron chi connectivity index (χ3n) is 1.68.